The Morgan fingerprint density at radius 1 is 0.742 bits per heavy atom. The second-order valence-corrected chi connectivity index (χ2v) is 8.23. The lowest BCUT2D eigenvalue weighted by atomic mass is 9.96. The molecule has 0 amide bonds. The average Bonchev–Trinajstić information content (AvgIpc) is 2.79. The number of halogens is 3. The molecule has 5 heteroatoms. The molecule has 1 heterocycles. The minimum absolute atomic E-state index is 0.0204. The summed E-state index contributed by atoms with van der Waals surface area (Å²) in [5, 5.41) is 0.741. The number of nitrogens with zero attached hydrogens (tertiary/aromatic N) is 2. The maximum absolute atomic E-state index is 13.5. The Labute approximate surface area is 187 Å². The summed E-state index contributed by atoms with van der Waals surface area (Å²) in [6, 6.07) is 21.0. The van der Waals surface area contributed by atoms with Crippen LogP contribution in [0, 0.1) is 11.6 Å². The minimum atomic E-state index is -0.251. The van der Waals surface area contributed by atoms with E-state index in [4.69, 9.17) is 11.6 Å². The zero-order chi connectivity index (χ0) is 21.6. The van der Waals surface area contributed by atoms with E-state index in [1.807, 2.05) is 48.5 Å². The van der Waals surface area contributed by atoms with Crippen molar-refractivity contribution in [3.05, 3.63) is 112 Å². The van der Waals surface area contributed by atoms with Crippen molar-refractivity contribution in [3.8, 4) is 0 Å². The van der Waals surface area contributed by atoms with Gasteiger partial charge < -0.3 is 0 Å². The molecule has 0 unspecified atom stereocenters. The van der Waals surface area contributed by atoms with Crippen LogP contribution in [0.4, 0.5) is 8.78 Å². The topological polar surface area (TPSA) is 6.48 Å². The number of hydrogen-bond donors (Lipinski definition) is 0. The zero-order valence-corrected chi connectivity index (χ0v) is 18.0. The number of rotatable bonds is 6. The van der Waals surface area contributed by atoms with Gasteiger partial charge >= 0.3 is 0 Å². The summed E-state index contributed by atoms with van der Waals surface area (Å²) in [7, 11) is 0. The molecule has 4 rings (SSSR count). The molecule has 0 aromatic heterocycles. The molecule has 0 radical (unpaired) electrons. The Hall–Kier alpha value is -2.53. The van der Waals surface area contributed by atoms with E-state index in [0.29, 0.717) is 0 Å². The van der Waals surface area contributed by atoms with Crippen LogP contribution < -0.4 is 0 Å². The smallest absolute Gasteiger partial charge is 0.123 e. The Morgan fingerprint density at radius 3 is 1.77 bits per heavy atom. The van der Waals surface area contributed by atoms with E-state index in [-0.39, 0.29) is 17.7 Å². The Kier molecular flexibility index (Phi) is 7.13. The highest BCUT2D eigenvalue weighted by Gasteiger charge is 2.26. The molecule has 2 nitrogen and oxygen atoms in total. The molecule has 3 aromatic rings. The van der Waals surface area contributed by atoms with Gasteiger partial charge in [-0.2, -0.15) is 0 Å². The first-order chi connectivity index (χ1) is 15.1. The number of hydrogen-bond acceptors (Lipinski definition) is 2. The highest BCUT2D eigenvalue weighted by Crippen LogP contribution is 2.30. The molecule has 0 spiro atoms. The molecule has 160 valence electrons. The van der Waals surface area contributed by atoms with Gasteiger partial charge in [0.1, 0.15) is 11.6 Å². The summed E-state index contributed by atoms with van der Waals surface area (Å²) in [4.78, 5) is 4.80. The quantitative estimate of drug-likeness (QED) is 0.463. The maximum Gasteiger partial charge on any atom is 0.123 e. The summed E-state index contributed by atoms with van der Waals surface area (Å²) in [6.45, 7) is 4.52. The number of piperazine rings is 1. The average molecular weight is 439 g/mol. The normalized spacial score (nSPS) is 15.7. The first-order valence-electron chi connectivity index (χ1n) is 10.5. The second kappa shape index (κ2) is 10.2. The van der Waals surface area contributed by atoms with Crippen LogP contribution in [-0.4, -0.2) is 42.5 Å². The van der Waals surface area contributed by atoms with Crippen molar-refractivity contribution in [2.24, 2.45) is 0 Å². The fourth-order valence-corrected chi connectivity index (χ4v) is 4.15. The van der Waals surface area contributed by atoms with E-state index < -0.39 is 0 Å². The van der Waals surface area contributed by atoms with Gasteiger partial charge in [-0.15, -0.1) is 0 Å². The van der Waals surface area contributed by atoms with Crippen LogP contribution in [0.15, 0.2) is 78.9 Å². The summed E-state index contributed by atoms with van der Waals surface area (Å²) in [6.07, 6.45) is 4.29. The van der Waals surface area contributed by atoms with E-state index in [2.05, 4.69) is 22.0 Å². The van der Waals surface area contributed by atoms with Gasteiger partial charge in [-0.25, -0.2) is 8.78 Å². The largest absolute Gasteiger partial charge is 0.297 e. The molecule has 3 aromatic carbocycles. The van der Waals surface area contributed by atoms with Gasteiger partial charge in [0.15, 0.2) is 0 Å². The SMILES string of the molecule is Fc1ccc(C(c2ccc(F)cc2)N2CCN(C/C=C/c3ccc(Cl)cc3)CC2)cc1. The van der Waals surface area contributed by atoms with E-state index in [1.54, 1.807) is 0 Å². The van der Waals surface area contributed by atoms with Crippen molar-refractivity contribution in [1.29, 1.82) is 0 Å². The molecule has 1 saturated heterocycles. The van der Waals surface area contributed by atoms with Gasteiger partial charge in [0, 0.05) is 37.7 Å². The monoisotopic (exact) mass is 438 g/mol. The lowest BCUT2D eigenvalue weighted by Gasteiger charge is -2.39. The molecule has 0 N–H and O–H groups in total. The molecule has 0 saturated carbocycles. The van der Waals surface area contributed by atoms with E-state index in [0.717, 1.165) is 54.4 Å². The van der Waals surface area contributed by atoms with Crippen LogP contribution in [0.1, 0.15) is 22.7 Å². The highest BCUT2D eigenvalue weighted by atomic mass is 35.5. The first kappa shape index (κ1) is 21.7. The number of benzene rings is 3. The Balaban J connectivity index is 1.42. The van der Waals surface area contributed by atoms with Crippen LogP contribution in [-0.2, 0) is 0 Å². The third kappa shape index (κ3) is 5.79. The Morgan fingerprint density at radius 2 is 1.26 bits per heavy atom. The predicted molar refractivity (Wildman–Crippen MR) is 123 cm³/mol. The molecule has 0 bridgehead atoms. The van der Waals surface area contributed by atoms with Gasteiger partial charge in [-0.3, -0.25) is 9.80 Å². The van der Waals surface area contributed by atoms with Crippen LogP contribution in [0.2, 0.25) is 5.02 Å². The van der Waals surface area contributed by atoms with E-state index >= 15 is 0 Å². The lowest BCUT2D eigenvalue weighted by molar-refractivity contribution is 0.118. The van der Waals surface area contributed by atoms with Crippen LogP contribution in [0.25, 0.3) is 6.08 Å². The van der Waals surface area contributed by atoms with Crippen molar-refractivity contribution < 1.29 is 8.78 Å². The molecule has 0 aliphatic carbocycles. The summed E-state index contributed by atoms with van der Waals surface area (Å²) in [5.41, 5.74) is 3.17. The van der Waals surface area contributed by atoms with Crippen molar-refractivity contribution >= 4 is 17.7 Å². The minimum Gasteiger partial charge on any atom is -0.297 e. The van der Waals surface area contributed by atoms with Crippen LogP contribution in [0.3, 0.4) is 0 Å². The van der Waals surface area contributed by atoms with Crippen molar-refractivity contribution in [2.45, 2.75) is 6.04 Å². The fraction of sp³-hybridized carbons (Fsp3) is 0.231. The molecule has 1 aliphatic rings. The van der Waals surface area contributed by atoms with Crippen molar-refractivity contribution in [3.63, 3.8) is 0 Å². The summed E-state index contributed by atoms with van der Waals surface area (Å²) in [5.74, 6) is -0.502. The lowest BCUT2D eigenvalue weighted by Crippen LogP contribution is -2.47. The first-order valence-corrected chi connectivity index (χ1v) is 10.9. The second-order valence-electron chi connectivity index (χ2n) is 7.80. The highest BCUT2D eigenvalue weighted by molar-refractivity contribution is 6.30. The molecular weight excluding hydrogens is 414 g/mol. The van der Waals surface area contributed by atoms with Crippen molar-refractivity contribution in [2.75, 3.05) is 32.7 Å². The van der Waals surface area contributed by atoms with Crippen LogP contribution >= 0.6 is 11.6 Å². The zero-order valence-electron chi connectivity index (χ0n) is 17.2. The van der Waals surface area contributed by atoms with Gasteiger partial charge in [0.25, 0.3) is 0 Å². The van der Waals surface area contributed by atoms with E-state index in [9.17, 15) is 8.78 Å². The van der Waals surface area contributed by atoms with Gasteiger partial charge in [-0.1, -0.05) is 60.2 Å². The maximum atomic E-state index is 13.5. The van der Waals surface area contributed by atoms with Crippen LogP contribution in [0.5, 0.6) is 0 Å². The Bertz CT molecular complexity index is 948. The third-order valence-corrected chi connectivity index (χ3v) is 5.94. The van der Waals surface area contributed by atoms with Gasteiger partial charge in [0.05, 0.1) is 6.04 Å². The third-order valence-electron chi connectivity index (χ3n) is 5.69. The molecule has 1 fully saturated rings. The summed E-state index contributed by atoms with van der Waals surface area (Å²) >= 11 is 5.94. The van der Waals surface area contributed by atoms with E-state index in [1.165, 1.54) is 24.3 Å². The fourth-order valence-electron chi connectivity index (χ4n) is 4.02. The van der Waals surface area contributed by atoms with Gasteiger partial charge in [0.2, 0.25) is 0 Å². The summed E-state index contributed by atoms with van der Waals surface area (Å²) < 4.78 is 27.0. The standard InChI is InChI=1S/C26H25ClF2N2/c27-23-9-3-20(4-10-23)2-1-15-30-16-18-31(19-17-30)26(21-5-11-24(28)12-6-21)22-7-13-25(29)14-8-22/h1-14,26H,15-19H2/b2-1+. The van der Waals surface area contributed by atoms with Crippen molar-refractivity contribution in [1.82, 2.24) is 9.80 Å². The molecule has 31 heavy (non-hydrogen) atoms. The molecule has 1 aliphatic heterocycles. The molecule has 0 atom stereocenters. The van der Waals surface area contributed by atoms with Gasteiger partial charge in [-0.05, 0) is 53.1 Å². The predicted octanol–water partition coefficient (Wildman–Crippen LogP) is 6.04. The molecular formula is C26H25ClF2N2.